The Kier molecular flexibility index (Phi) is 5.35. The molecule has 3 aliphatic rings. The van der Waals surface area contributed by atoms with Crippen LogP contribution in [0.2, 0.25) is 0 Å². The lowest BCUT2D eigenvalue weighted by atomic mass is 9.88. The summed E-state index contributed by atoms with van der Waals surface area (Å²) in [5.74, 6) is -1.12. The summed E-state index contributed by atoms with van der Waals surface area (Å²) in [5, 5.41) is 19.4. The minimum Gasteiger partial charge on any atom is -0.415 e. The van der Waals surface area contributed by atoms with Crippen LogP contribution in [0.1, 0.15) is 73.2 Å². The fourth-order valence-electron chi connectivity index (χ4n) is 4.86. The molecule has 2 atom stereocenters. The van der Waals surface area contributed by atoms with Gasteiger partial charge in [0.2, 0.25) is 11.8 Å². The van der Waals surface area contributed by atoms with E-state index in [-0.39, 0.29) is 36.2 Å². The number of benzene rings is 1. The lowest BCUT2D eigenvalue weighted by molar-refractivity contribution is -0.123. The minimum atomic E-state index is -2.86. The van der Waals surface area contributed by atoms with E-state index in [1.54, 1.807) is 23.1 Å². The first-order chi connectivity index (χ1) is 15.9. The molecule has 2 aliphatic carbocycles. The number of alkyl halides is 2. The summed E-state index contributed by atoms with van der Waals surface area (Å²) < 4.78 is 30.6. The third-order valence-corrected chi connectivity index (χ3v) is 6.88. The number of carbonyl (C=O) groups is 2. The van der Waals surface area contributed by atoms with Crippen molar-refractivity contribution in [3.05, 3.63) is 35.2 Å². The summed E-state index contributed by atoms with van der Waals surface area (Å²) in [7, 11) is 0. The number of aromatic nitrogens is 2. The molecule has 0 spiro atoms. The Morgan fingerprint density at radius 3 is 2.79 bits per heavy atom. The molecule has 0 unspecified atom stereocenters. The highest BCUT2D eigenvalue weighted by Crippen LogP contribution is 2.48. The van der Waals surface area contributed by atoms with Crippen molar-refractivity contribution < 1.29 is 22.8 Å². The van der Waals surface area contributed by atoms with Crippen LogP contribution >= 0.6 is 0 Å². The molecule has 1 aromatic carbocycles. The molecular weight excluding hydrogens is 432 g/mol. The molecule has 2 saturated carbocycles. The van der Waals surface area contributed by atoms with Gasteiger partial charge in [0.1, 0.15) is 0 Å². The number of halogens is 2. The quantitative estimate of drug-likeness (QED) is 0.710. The average Bonchev–Trinajstić information content (AvgIpc) is 3.25. The van der Waals surface area contributed by atoms with E-state index < -0.39 is 17.7 Å². The van der Waals surface area contributed by atoms with Crippen molar-refractivity contribution in [2.24, 2.45) is 5.41 Å². The lowest BCUT2D eigenvalue weighted by Gasteiger charge is -2.38. The van der Waals surface area contributed by atoms with Crippen LogP contribution in [0.3, 0.4) is 0 Å². The monoisotopic (exact) mass is 455 g/mol. The first-order valence-corrected chi connectivity index (χ1v) is 11.2. The SMILES string of the molecule is N#CC1(CC(=O)N[C@@H]2CCCC[C@H]2N2Cc3ccc(-c4nnc(C(F)F)o4)cc3C2=O)CC1. The van der Waals surface area contributed by atoms with E-state index in [1.807, 2.05) is 0 Å². The Balaban J connectivity index is 1.32. The van der Waals surface area contributed by atoms with Crippen LogP contribution in [0.15, 0.2) is 22.6 Å². The van der Waals surface area contributed by atoms with Crippen molar-refractivity contribution in [2.45, 2.75) is 70.0 Å². The van der Waals surface area contributed by atoms with E-state index in [1.165, 1.54) is 0 Å². The third kappa shape index (κ3) is 4.08. The summed E-state index contributed by atoms with van der Waals surface area (Å²) in [6.07, 6.45) is 2.34. The molecule has 2 amide bonds. The number of rotatable bonds is 6. The zero-order valence-electron chi connectivity index (χ0n) is 17.9. The van der Waals surface area contributed by atoms with E-state index in [0.29, 0.717) is 17.7 Å². The van der Waals surface area contributed by atoms with Crippen molar-refractivity contribution in [3.8, 4) is 17.5 Å². The molecule has 5 rings (SSSR count). The second-order valence-corrected chi connectivity index (χ2v) is 9.15. The number of fused-ring (bicyclic) bond motifs is 1. The van der Waals surface area contributed by atoms with Gasteiger partial charge in [0.05, 0.1) is 17.5 Å². The van der Waals surface area contributed by atoms with E-state index in [2.05, 4.69) is 21.6 Å². The number of nitrogens with zero attached hydrogens (tertiary/aromatic N) is 4. The van der Waals surface area contributed by atoms with Gasteiger partial charge >= 0.3 is 6.43 Å². The van der Waals surface area contributed by atoms with Crippen LogP contribution in [0, 0.1) is 16.7 Å². The topological polar surface area (TPSA) is 112 Å². The fraction of sp³-hybridized carbons (Fsp3) is 0.522. The molecule has 172 valence electrons. The predicted octanol–water partition coefficient (Wildman–Crippen LogP) is 3.75. The Morgan fingerprint density at radius 1 is 1.30 bits per heavy atom. The second-order valence-electron chi connectivity index (χ2n) is 9.15. The van der Waals surface area contributed by atoms with Gasteiger partial charge < -0.3 is 14.6 Å². The maximum Gasteiger partial charge on any atom is 0.314 e. The van der Waals surface area contributed by atoms with E-state index >= 15 is 0 Å². The standard InChI is InChI=1S/C23H23F2N5O3/c24-19(25)21-29-28-20(33-21)13-5-6-14-11-30(22(32)15(14)9-13)17-4-2-1-3-16(17)27-18(31)10-23(12-26)7-8-23/h5-6,9,16-17,19H,1-4,7-8,10-11H2,(H,27,31)/t16-,17-/m1/s1. The Labute approximate surface area is 189 Å². The summed E-state index contributed by atoms with van der Waals surface area (Å²) in [6, 6.07) is 6.99. The molecule has 1 aliphatic heterocycles. The van der Waals surface area contributed by atoms with Gasteiger partial charge in [0, 0.05) is 30.1 Å². The van der Waals surface area contributed by atoms with Crippen LogP contribution in [0.4, 0.5) is 8.78 Å². The van der Waals surface area contributed by atoms with Crippen LogP contribution in [-0.4, -0.2) is 39.0 Å². The summed E-state index contributed by atoms with van der Waals surface area (Å²) >= 11 is 0. The molecule has 0 bridgehead atoms. The maximum absolute atomic E-state index is 13.3. The molecule has 1 N–H and O–H groups in total. The average molecular weight is 455 g/mol. The van der Waals surface area contributed by atoms with Crippen molar-refractivity contribution >= 4 is 11.8 Å². The predicted molar refractivity (Wildman–Crippen MR) is 111 cm³/mol. The number of amides is 2. The third-order valence-electron chi connectivity index (χ3n) is 6.88. The highest BCUT2D eigenvalue weighted by molar-refractivity contribution is 5.99. The van der Waals surface area contributed by atoms with Gasteiger partial charge in [-0.3, -0.25) is 9.59 Å². The van der Waals surface area contributed by atoms with Crippen molar-refractivity contribution in [3.63, 3.8) is 0 Å². The largest absolute Gasteiger partial charge is 0.415 e. The van der Waals surface area contributed by atoms with Crippen LogP contribution in [0.25, 0.3) is 11.5 Å². The molecule has 2 fully saturated rings. The smallest absolute Gasteiger partial charge is 0.314 e. The van der Waals surface area contributed by atoms with Crippen LogP contribution in [-0.2, 0) is 11.3 Å². The van der Waals surface area contributed by atoms with Gasteiger partial charge in [-0.1, -0.05) is 18.9 Å². The zero-order valence-corrected chi connectivity index (χ0v) is 17.9. The van der Waals surface area contributed by atoms with Gasteiger partial charge in [-0.15, -0.1) is 10.2 Å². The Morgan fingerprint density at radius 2 is 2.09 bits per heavy atom. The van der Waals surface area contributed by atoms with Crippen LogP contribution < -0.4 is 5.32 Å². The van der Waals surface area contributed by atoms with E-state index in [0.717, 1.165) is 44.1 Å². The molecule has 8 nitrogen and oxygen atoms in total. The Bertz CT molecular complexity index is 1140. The minimum absolute atomic E-state index is 0.0614. The van der Waals surface area contributed by atoms with E-state index in [4.69, 9.17) is 4.42 Å². The molecule has 1 aromatic heterocycles. The highest BCUT2D eigenvalue weighted by Gasteiger charge is 2.46. The van der Waals surface area contributed by atoms with Crippen molar-refractivity contribution in [2.75, 3.05) is 0 Å². The maximum atomic E-state index is 13.3. The normalized spacial score (nSPS) is 23.3. The zero-order chi connectivity index (χ0) is 23.2. The first-order valence-electron chi connectivity index (χ1n) is 11.2. The number of hydrogen-bond donors (Lipinski definition) is 1. The van der Waals surface area contributed by atoms with Gasteiger partial charge in [0.15, 0.2) is 0 Å². The van der Waals surface area contributed by atoms with Crippen LogP contribution in [0.5, 0.6) is 0 Å². The second kappa shape index (κ2) is 8.21. The summed E-state index contributed by atoms with van der Waals surface area (Å²) in [5.41, 5.74) is 1.20. The summed E-state index contributed by atoms with van der Waals surface area (Å²) in [4.78, 5) is 27.7. The summed E-state index contributed by atoms with van der Waals surface area (Å²) in [6.45, 7) is 0.416. The number of nitrogens with one attached hydrogen (secondary N) is 1. The molecule has 2 heterocycles. The molecule has 0 saturated heterocycles. The molecular formula is C23H23F2N5O3. The molecule has 33 heavy (non-hydrogen) atoms. The van der Waals surface area contributed by atoms with Crippen molar-refractivity contribution in [1.82, 2.24) is 20.4 Å². The molecule has 0 radical (unpaired) electrons. The van der Waals surface area contributed by atoms with Crippen molar-refractivity contribution in [1.29, 1.82) is 5.26 Å². The molecule has 2 aromatic rings. The highest BCUT2D eigenvalue weighted by atomic mass is 19.3. The van der Waals surface area contributed by atoms with Gasteiger partial charge in [-0.05, 0) is 43.4 Å². The number of carbonyl (C=O) groups excluding carboxylic acids is 2. The van der Waals surface area contributed by atoms with Gasteiger partial charge in [0.25, 0.3) is 11.8 Å². The number of nitriles is 1. The first kappa shape index (κ1) is 21.5. The molecule has 10 heteroatoms. The van der Waals surface area contributed by atoms with E-state index in [9.17, 15) is 23.6 Å². The fourth-order valence-corrected chi connectivity index (χ4v) is 4.86. The number of hydrogen-bond acceptors (Lipinski definition) is 6. The lowest BCUT2D eigenvalue weighted by Crippen LogP contribution is -2.53. The van der Waals surface area contributed by atoms with Gasteiger partial charge in [-0.25, -0.2) is 0 Å². The Hall–Kier alpha value is -3.35. The van der Waals surface area contributed by atoms with Gasteiger partial charge in [-0.2, -0.15) is 14.0 Å².